The molecule has 1 nitrogen and oxygen atoms in total. The molecule has 2 saturated carbocycles. The van der Waals surface area contributed by atoms with Gasteiger partial charge in [-0.2, -0.15) is 0 Å². The summed E-state index contributed by atoms with van der Waals surface area (Å²) in [6.45, 7) is 7.57. The van der Waals surface area contributed by atoms with E-state index in [4.69, 9.17) is 0 Å². The smallest absolute Gasteiger partial charge is 0.146 e. The van der Waals surface area contributed by atoms with Gasteiger partial charge in [0.15, 0.2) is 0 Å². The van der Waals surface area contributed by atoms with Crippen LogP contribution in [-0.4, -0.2) is 6.29 Å². The molecule has 4 rings (SSSR count). The molecule has 0 radical (unpaired) electrons. The summed E-state index contributed by atoms with van der Waals surface area (Å²) in [5.74, 6) is 3.58. The van der Waals surface area contributed by atoms with Gasteiger partial charge in [0.1, 0.15) is 6.29 Å². The lowest BCUT2D eigenvalue weighted by Gasteiger charge is -2.57. The van der Waals surface area contributed by atoms with E-state index < -0.39 is 0 Å². The molecule has 3 unspecified atom stereocenters. The van der Waals surface area contributed by atoms with E-state index in [1.807, 2.05) is 0 Å². The molecule has 0 N–H and O–H groups in total. The summed E-state index contributed by atoms with van der Waals surface area (Å²) in [7, 11) is 0. The van der Waals surface area contributed by atoms with Crippen LogP contribution in [-0.2, 0) is 4.79 Å². The summed E-state index contributed by atoms with van der Waals surface area (Å²) < 4.78 is 0. The van der Waals surface area contributed by atoms with E-state index in [0.29, 0.717) is 10.8 Å². The van der Waals surface area contributed by atoms with E-state index in [-0.39, 0.29) is 0 Å². The van der Waals surface area contributed by atoms with Crippen LogP contribution < -0.4 is 0 Å². The predicted molar refractivity (Wildman–Crippen MR) is 90.4 cm³/mol. The number of carbonyl (C=O) groups is 1. The summed E-state index contributed by atoms with van der Waals surface area (Å²) in [4.78, 5) is 11.2. The molecule has 0 heterocycles. The van der Waals surface area contributed by atoms with Crippen molar-refractivity contribution in [2.75, 3.05) is 0 Å². The lowest BCUT2D eigenvalue weighted by Crippen LogP contribution is -2.49. The highest BCUT2D eigenvalue weighted by Gasteiger charge is 2.57. The Hall–Kier alpha value is -0.850. The van der Waals surface area contributed by atoms with Crippen molar-refractivity contribution in [2.45, 2.75) is 65.7 Å². The first-order valence-electron chi connectivity index (χ1n) is 9.35. The number of hydrogen-bond donors (Lipinski definition) is 0. The zero-order chi connectivity index (χ0) is 15.5. The highest BCUT2D eigenvalue weighted by molar-refractivity contribution is 5.75. The second-order valence-corrected chi connectivity index (χ2v) is 9.05. The highest BCUT2D eigenvalue weighted by Crippen LogP contribution is 2.65. The average molecular weight is 298 g/mol. The first kappa shape index (κ1) is 14.7. The normalized spacial score (nSPS) is 50.3. The number of aldehydes is 1. The molecule has 4 aliphatic rings. The van der Waals surface area contributed by atoms with E-state index in [1.165, 1.54) is 44.1 Å². The van der Waals surface area contributed by atoms with Crippen LogP contribution in [0, 0.1) is 34.5 Å². The van der Waals surface area contributed by atoms with Crippen LogP contribution in [0.25, 0.3) is 0 Å². The quantitative estimate of drug-likeness (QED) is 0.599. The third-order valence-electron chi connectivity index (χ3n) is 8.42. The fourth-order valence-electron chi connectivity index (χ4n) is 6.70. The Bertz CT molecular complexity index is 556. The van der Waals surface area contributed by atoms with Gasteiger partial charge >= 0.3 is 0 Å². The van der Waals surface area contributed by atoms with Crippen LogP contribution in [0.2, 0.25) is 0 Å². The third kappa shape index (κ3) is 1.80. The molecule has 0 aromatic heterocycles. The van der Waals surface area contributed by atoms with Crippen molar-refractivity contribution in [2.24, 2.45) is 34.5 Å². The topological polar surface area (TPSA) is 17.1 Å². The van der Waals surface area contributed by atoms with Crippen LogP contribution in [0.3, 0.4) is 0 Å². The Morgan fingerprint density at radius 2 is 1.95 bits per heavy atom. The number of rotatable bonds is 1. The van der Waals surface area contributed by atoms with Crippen molar-refractivity contribution >= 4 is 6.29 Å². The SMILES string of the molecule is C[C@H]1CCC2C3CC=C4C=C(C=O)CC[C@]4(C)C3CC[C@@]21C. The lowest BCUT2D eigenvalue weighted by atomic mass is 9.48. The molecule has 4 aliphatic carbocycles. The highest BCUT2D eigenvalue weighted by atomic mass is 16.1. The Kier molecular flexibility index (Phi) is 3.23. The fourth-order valence-corrected chi connectivity index (χ4v) is 6.70. The zero-order valence-electron chi connectivity index (χ0n) is 14.4. The van der Waals surface area contributed by atoms with Gasteiger partial charge in [-0.05, 0) is 90.6 Å². The van der Waals surface area contributed by atoms with Gasteiger partial charge in [-0.1, -0.05) is 32.9 Å². The molecule has 0 aliphatic heterocycles. The second kappa shape index (κ2) is 4.82. The summed E-state index contributed by atoms with van der Waals surface area (Å²) in [6, 6.07) is 0. The summed E-state index contributed by atoms with van der Waals surface area (Å²) >= 11 is 0. The molecule has 0 aromatic carbocycles. The van der Waals surface area contributed by atoms with Gasteiger partial charge < -0.3 is 0 Å². The minimum Gasteiger partial charge on any atom is -0.298 e. The Labute approximate surface area is 135 Å². The molecular formula is C21H30O. The fraction of sp³-hybridized carbons (Fsp3) is 0.762. The first-order chi connectivity index (χ1) is 10.5. The van der Waals surface area contributed by atoms with Gasteiger partial charge in [0.25, 0.3) is 0 Å². The maximum Gasteiger partial charge on any atom is 0.146 e. The monoisotopic (exact) mass is 298 g/mol. The summed E-state index contributed by atoms with van der Waals surface area (Å²) in [5.41, 5.74) is 3.43. The second-order valence-electron chi connectivity index (χ2n) is 9.05. The van der Waals surface area contributed by atoms with E-state index in [0.717, 1.165) is 42.0 Å². The predicted octanol–water partition coefficient (Wildman–Crippen LogP) is 5.32. The van der Waals surface area contributed by atoms with E-state index in [1.54, 1.807) is 0 Å². The van der Waals surface area contributed by atoms with Crippen molar-refractivity contribution < 1.29 is 4.79 Å². The van der Waals surface area contributed by atoms with Gasteiger partial charge in [-0.3, -0.25) is 4.79 Å². The molecule has 0 bridgehead atoms. The molecule has 22 heavy (non-hydrogen) atoms. The van der Waals surface area contributed by atoms with Gasteiger partial charge in [0.2, 0.25) is 0 Å². The zero-order valence-corrected chi connectivity index (χ0v) is 14.4. The number of allylic oxidation sites excluding steroid dienone is 4. The minimum atomic E-state index is 0.336. The standard InChI is InChI=1S/C21H30O/c1-14-4-7-18-17-6-5-16-12-15(13-22)8-10-21(16,3)19(17)9-11-20(14,18)2/h5,12-14,17-19H,4,6-11H2,1-3H3/t14-,17?,18?,19?,20+,21-/m0/s1. The van der Waals surface area contributed by atoms with Gasteiger partial charge in [0.05, 0.1) is 0 Å². The lowest BCUT2D eigenvalue weighted by molar-refractivity contribution is -0.105. The Morgan fingerprint density at radius 3 is 2.73 bits per heavy atom. The molecule has 120 valence electrons. The molecule has 2 fully saturated rings. The Balaban J connectivity index is 1.71. The van der Waals surface area contributed by atoms with Crippen LogP contribution in [0.4, 0.5) is 0 Å². The molecule has 6 atom stereocenters. The molecule has 0 amide bonds. The average Bonchev–Trinajstić information content (AvgIpc) is 2.82. The van der Waals surface area contributed by atoms with Crippen molar-refractivity contribution in [1.82, 2.24) is 0 Å². The third-order valence-corrected chi connectivity index (χ3v) is 8.42. The van der Waals surface area contributed by atoms with E-state index in [2.05, 4.69) is 32.9 Å². The largest absolute Gasteiger partial charge is 0.298 e. The van der Waals surface area contributed by atoms with E-state index in [9.17, 15) is 4.79 Å². The van der Waals surface area contributed by atoms with Crippen molar-refractivity contribution in [3.8, 4) is 0 Å². The first-order valence-corrected chi connectivity index (χ1v) is 9.35. The van der Waals surface area contributed by atoms with Crippen LogP contribution in [0.5, 0.6) is 0 Å². The molecule has 0 aromatic rings. The van der Waals surface area contributed by atoms with Gasteiger partial charge in [0, 0.05) is 0 Å². The molecule has 1 heteroatoms. The van der Waals surface area contributed by atoms with Gasteiger partial charge in [-0.15, -0.1) is 0 Å². The van der Waals surface area contributed by atoms with E-state index >= 15 is 0 Å². The molecular weight excluding hydrogens is 268 g/mol. The Morgan fingerprint density at radius 1 is 1.14 bits per heavy atom. The van der Waals surface area contributed by atoms with Crippen molar-refractivity contribution in [3.05, 3.63) is 23.3 Å². The maximum absolute atomic E-state index is 11.2. The van der Waals surface area contributed by atoms with Crippen LogP contribution in [0.1, 0.15) is 65.7 Å². The maximum atomic E-state index is 11.2. The van der Waals surface area contributed by atoms with Crippen LogP contribution >= 0.6 is 0 Å². The van der Waals surface area contributed by atoms with Gasteiger partial charge in [-0.25, -0.2) is 0 Å². The number of fused-ring (bicyclic) bond motifs is 5. The molecule has 0 spiro atoms. The molecule has 0 saturated heterocycles. The number of carbonyl (C=O) groups excluding carboxylic acids is 1. The summed E-state index contributed by atoms with van der Waals surface area (Å²) in [5, 5.41) is 0. The van der Waals surface area contributed by atoms with Crippen molar-refractivity contribution in [1.29, 1.82) is 0 Å². The number of hydrogen-bond acceptors (Lipinski definition) is 1. The summed E-state index contributed by atoms with van der Waals surface area (Å²) in [6.07, 6.45) is 14.9. The minimum absolute atomic E-state index is 0.336. The van der Waals surface area contributed by atoms with Crippen LogP contribution in [0.15, 0.2) is 23.3 Å². The van der Waals surface area contributed by atoms with Crippen molar-refractivity contribution in [3.63, 3.8) is 0 Å².